The third-order valence-corrected chi connectivity index (χ3v) is 3.44. The smallest absolute Gasteiger partial charge is 0.124 e. The lowest BCUT2D eigenvalue weighted by atomic mass is 10.2. The minimum absolute atomic E-state index is 0.195. The first-order chi connectivity index (χ1) is 11.2. The first kappa shape index (κ1) is 17.2. The maximum atomic E-state index is 5.87. The molecule has 0 aromatic heterocycles. The van der Waals surface area contributed by atoms with Crippen LogP contribution in [0, 0.1) is 0 Å². The summed E-state index contributed by atoms with van der Waals surface area (Å²) in [5.74, 6) is 1.86. The molecule has 23 heavy (non-hydrogen) atoms. The quantitative estimate of drug-likeness (QED) is 0.640. The molecule has 0 radical (unpaired) electrons. The second-order valence-corrected chi connectivity index (χ2v) is 5.85. The van der Waals surface area contributed by atoms with Crippen molar-refractivity contribution in [1.82, 2.24) is 0 Å². The summed E-state index contributed by atoms with van der Waals surface area (Å²) < 4.78 is 11.5. The fourth-order valence-electron chi connectivity index (χ4n) is 2.24. The SMILES string of the molecule is CCCCOc1ccccc1CNc1ccc(OC(C)C)cc1. The largest absolute Gasteiger partial charge is 0.493 e. The van der Waals surface area contributed by atoms with Crippen LogP contribution in [0.2, 0.25) is 0 Å². The Morgan fingerprint density at radius 2 is 1.74 bits per heavy atom. The van der Waals surface area contributed by atoms with Gasteiger partial charge in [-0.1, -0.05) is 31.5 Å². The first-order valence-electron chi connectivity index (χ1n) is 8.40. The number of benzene rings is 2. The second-order valence-electron chi connectivity index (χ2n) is 5.85. The van der Waals surface area contributed by atoms with Crippen LogP contribution in [0.1, 0.15) is 39.2 Å². The average molecular weight is 313 g/mol. The minimum atomic E-state index is 0.195. The number of ether oxygens (including phenoxy) is 2. The summed E-state index contributed by atoms with van der Waals surface area (Å²) in [5, 5.41) is 3.44. The van der Waals surface area contributed by atoms with Crippen LogP contribution in [0.3, 0.4) is 0 Å². The lowest BCUT2D eigenvalue weighted by Crippen LogP contribution is -2.06. The normalized spacial score (nSPS) is 10.6. The molecule has 0 amide bonds. The molecular formula is C20H27NO2. The molecule has 2 aromatic carbocycles. The van der Waals surface area contributed by atoms with E-state index >= 15 is 0 Å². The summed E-state index contributed by atoms with van der Waals surface area (Å²) in [6.07, 6.45) is 2.42. The zero-order valence-corrected chi connectivity index (χ0v) is 14.3. The number of para-hydroxylation sites is 1. The molecule has 2 rings (SSSR count). The van der Waals surface area contributed by atoms with Crippen LogP contribution in [0.5, 0.6) is 11.5 Å². The molecule has 0 spiro atoms. The zero-order chi connectivity index (χ0) is 16.5. The van der Waals surface area contributed by atoms with E-state index in [1.807, 2.05) is 56.3 Å². The van der Waals surface area contributed by atoms with Gasteiger partial charge in [0.05, 0.1) is 12.7 Å². The maximum absolute atomic E-state index is 5.87. The van der Waals surface area contributed by atoms with Gasteiger partial charge in [-0.25, -0.2) is 0 Å². The average Bonchev–Trinajstić information content (AvgIpc) is 2.55. The van der Waals surface area contributed by atoms with E-state index in [1.165, 1.54) is 5.56 Å². The fraction of sp³-hybridized carbons (Fsp3) is 0.400. The Hall–Kier alpha value is -2.16. The third kappa shape index (κ3) is 5.85. The molecule has 0 atom stereocenters. The summed E-state index contributed by atoms with van der Waals surface area (Å²) in [7, 11) is 0. The summed E-state index contributed by atoms with van der Waals surface area (Å²) in [6, 6.07) is 16.3. The number of hydrogen-bond donors (Lipinski definition) is 1. The third-order valence-electron chi connectivity index (χ3n) is 3.44. The molecule has 0 bridgehead atoms. The van der Waals surface area contributed by atoms with Gasteiger partial charge in [-0.05, 0) is 50.6 Å². The van der Waals surface area contributed by atoms with Gasteiger partial charge in [0.1, 0.15) is 11.5 Å². The van der Waals surface area contributed by atoms with Gasteiger partial charge in [0, 0.05) is 17.8 Å². The highest BCUT2D eigenvalue weighted by atomic mass is 16.5. The lowest BCUT2D eigenvalue weighted by Gasteiger charge is -2.13. The van der Waals surface area contributed by atoms with Gasteiger partial charge in [-0.15, -0.1) is 0 Å². The highest BCUT2D eigenvalue weighted by Crippen LogP contribution is 2.21. The Labute approximate surface area is 139 Å². The summed E-state index contributed by atoms with van der Waals surface area (Å²) in [6.45, 7) is 7.74. The molecule has 0 unspecified atom stereocenters. The van der Waals surface area contributed by atoms with Crippen molar-refractivity contribution in [3.05, 3.63) is 54.1 Å². The molecule has 0 saturated carbocycles. The Morgan fingerprint density at radius 3 is 2.43 bits per heavy atom. The van der Waals surface area contributed by atoms with Crippen molar-refractivity contribution in [2.75, 3.05) is 11.9 Å². The fourth-order valence-corrected chi connectivity index (χ4v) is 2.24. The van der Waals surface area contributed by atoms with E-state index in [9.17, 15) is 0 Å². The molecule has 0 heterocycles. The van der Waals surface area contributed by atoms with E-state index in [2.05, 4.69) is 18.3 Å². The van der Waals surface area contributed by atoms with E-state index in [0.29, 0.717) is 0 Å². The van der Waals surface area contributed by atoms with Crippen LogP contribution < -0.4 is 14.8 Å². The standard InChI is InChI=1S/C20H27NO2/c1-4-5-14-22-20-9-7-6-8-17(20)15-21-18-10-12-19(13-11-18)23-16(2)3/h6-13,16,21H,4-5,14-15H2,1-3H3. The Kier molecular flexibility index (Phi) is 6.79. The van der Waals surface area contributed by atoms with Gasteiger partial charge in [-0.3, -0.25) is 0 Å². The van der Waals surface area contributed by atoms with E-state index in [0.717, 1.165) is 43.2 Å². The molecular weight excluding hydrogens is 286 g/mol. The van der Waals surface area contributed by atoms with Crippen molar-refractivity contribution >= 4 is 5.69 Å². The van der Waals surface area contributed by atoms with Crippen LogP contribution in [0.4, 0.5) is 5.69 Å². The molecule has 2 aromatic rings. The molecule has 3 heteroatoms. The van der Waals surface area contributed by atoms with Gasteiger partial charge in [0.25, 0.3) is 0 Å². The number of hydrogen-bond acceptors (Lipinski definition) is 3. The van der Waals surface area contributed by atoms with Crippen molar-refractivity contribution in [3.63, 3.8) is 0 Å². The lowest BCUT2D eigenvalue weighted by molar-refractivity contribution is 0.242. The van der Waals surface area contributed by atoms with Crippen molar-refractivity contribution < 1.29 is 9.47 Å². The monoisotopic (exact) mass is 313 g/mol. The van der Waals surface area contributed by atoms with E-state index in [1.54, 1.807) is 0 Å². The highest BCUT2D eigenvalue weighted by molar-refractivity contribution is 5.48. The van der Waals surface area contributed by atoms with Crippen molar-refractivity contribution in [2.24, 2.45) is 0 Å². The molecule has 0 aliphatic heterocycles. The number of unbranched alkanes of at least 4 members (excludes halogenated alkanes) is 1. The molecule has 0 saturated heterocycles. The minimum Gasteiger partial charge on any atom is -0.493 e. The van der Waals surface area contributed by atoms with Crippen molar-refractivity contribution in [2.45, 2.75) is 46.3 Å². The van der Waals surface area contributed by atoms with E-state index in [-0.39, 0.29) is 6.10 Å². The zero-order valence-electron chi connectivity index (χ0n) is 14.3. The van der Waals surface area contributed by atoms with Crippen LogP contribution in [0.25, 0.3) is 0 Å². The van der Waals surface area contributed by atoms with Gasteiger partial charge >= 0.3 is 0 Å². The summed E-state index contributed by atoms with van der Waals surface area (Å²) in [4.78, 5) is 0. The molecule has 1 N–H and O–H groups in total. The van der Waals surface area contributed by atoms with Crippen molar-refractivity contribution in [3.8, 4) is 11.5 Å². The highest BCUT2D eigenvalue weighted by Gasteiger charge is 2.03. The van der Waals surface area contributed by atoms with Crippen LogP contribution in [-0.2, 0) is 6.54 Å². The van der Waals surface area contributed by atoms with E-state index < -0.39 is 0 Å². The molecule has 0 aliphatic rings. The van der Waals surface area contributed by atoms with Crippen molar-refractivity contribution in [1.29, 1.82) is 0 Å². The molecule has 0 aliphatic carbocycles. The predicted octanol–water partition coefficient (Wildman–Crippen LogP) is 5.26. The Balaban J connectivity index is 1.92. The second kappa shape index (κ2) is 9.09. The summed E-state index contributed by atoms with van der Waals surface area (Å²) in [5.41, 5.74) is 2.25. The van der Waals surface area contributed by atoms with Gasteiger partial charge in [-0.2, -0.15) is 0 Å². The molecule has 3 nitrogen and oxygen atoms in total. The molecule has 0 fully saturated rings. The number of nitrogens with one attached hydrogen (secondary N) is 1. The topological polar surface area (TPSA) is 30.5 Å². The Morgan fingerprint density at radius 1 is 1.00 bits per heavy atom. The first-order valence-corrected chi connectivity index (χ1v) is 8.40. The van der Waals surface area contributed by atoms with Gasteiger partial charge in [0.2, 0.25) is 0 Å². The predicted molar refractivity (Wildman–Crippen MR) is 96.4 cm³/mol. The Bertz CT molecular complexity index is 578. The van der Waals surface area contributed by atoms with Crippen LogP contribution in [0.15, 0.2) is 48.5 Å². The van der Waals surface area contributed by atoms with Crippen LogP contribution >= 0.6 is 0 Å². The van der Waals surface area contributed by atoms with Gasteiger partial charge in [0.15, 0.2) is 0 Å². The molecule has 124 valence electrons. The van der Waals surface area contributed by atoms with E-state index in [4.69, 9.17) is 9.47 Å². The van der Waals surface area contributed by atoms with Crippen LogP contribution in [-0.4, -0.2) is 12.7 Å². The summed E-state index contributed by atoms with van der Waals surface area (Å²) >= 11 is 0. The van der Waals surface area contributed by atoms with Gasteiger partial charge < -0.3 is 14.8 Å². The number of rotatable bonds is 9. The number of anilines is 1. The maximum Gasteiger partial charge on any atom is 0.124 e.